The van der Waals surface area contributed by atoms with E-state index in [1.807, 2.05) is 31.3 Å². The molecule has 1 amide bonds. The zero-order valence-corrected chi connectivity index (χ0v) is 17.2. The predicted octanol–water partition coefficient (Wildman–Crippen LogP) is 3.98. The highest BCUT2D eigenvalue weighted by molar-refractivity contribution is 8.00. The Kier molecular flexibility index (Phi) is 6.96. The molecule has 0 saturated carbocycles. The predicted molar refractivity (Wildman–Crippen MR) is 110 cm³/mol. The first kappa shape index (κ1) is 20.0. The van der Waals surface area contributed by atoms with E-state index in [1.54, 1.807) is 0 Å². The third-order valence-electron chi connectivity index (χ3n) is 4.63. The number of hydrogen-bond acceptors (Lipinski definition) is 4. The standard InChI is InChI=1S/C21H29N3O2S/c1-15(2)12-22-20(25)16(3)27-21-23-13-19(17-8-5-4-6-9-17)24(21)14-18-10-7-11-26-18/h4-6,8-9,13,15-16,18H,7,10-12,14H2,1-3H3,(H,22,25). The number of aromatic nitrogens is 2. The average molecular weight is 388 g/mol. The van der Waals surface area contributed by atoms with Gasteiger partial charge in [-0.05, 0) is 31.2 Å². The van der Waals surface area contributed by atoms with Gasteiger partial charge in [0.05, 0.1) is 29.8 Å². The van der Waals surface area contributed by atoms with Crippen molar-refractivity contribution < 1.29 is 9.53 Å². The first-order chi connectivity index (χ1) is 13.0. The minimum absolute atomic E-state index is 0.0571. The molecule has 0 aliphatic carbocycles. The van der Waals surface area contributed by atoms with Crippen molar-refractivity contribution >= 4 is 17.7 Å². The number of amides is 1. The van der Waals surface area contributed by atoms with Crippen molar-refractivity contribution in [2.75, 3.05) is 13.2 Å². The molecule has 2 aromatic rings. The van der Waals surface area contributed by atoms with Crippen molar-refractivity contribution in [2.24, 2.45) is 5.92 Å². The number of carbonyl (C=O) groups excluding carboxylic acids is 1. The van der Waals surface area contributed by atoms with Crippen LogP contribution in [0.1, 0.15) is 33.6 Å². The fourth-order valence-corrected chi connectivity index (χ4v) is 4.04. The molecule has 5 nitrogen and oxygen atoms in total. The summed E-state index contributed by atoms with van der Waals surface area (Å²) >= 11 is 1.51. The number of nitrogens with one attached hydrogen (secondary N) is 1. The zero-order chi connectivity index (χ0) is 19.2. The molecule has 0 radical (unpaired) electrons. The topological polar surface area (TPSA) is 56.2 Å². The van der Waals surface area contributed by atoms with Crippen LogP contribution in [-0.2, 0) is 16.1 Å². The molecule has 1 N–H and O–H groups in total. The van der Waals surface area contributed by atoms with Crippen molar-refractivity contribution in [3.63, 3.8) is 0 Å². The van der Waals surface area contributed by atoms with Gasteiger partial charge >= 0.3 is 0 Å². The lowest BCUT2D eigenvalue weighted by atomic mass is 10.1. The summed E-state index contributed by atoms with van der Waals surface area (Å²) in [5.74, 6) is 0.499. The number of ether oxygens (including phenoxy) is 1. The number of imidazole rings is 1. The fraction of sp³-hybridized carbons (Fsp3) is 0.524. The Morgan fingerprint density at radius 2 is 2.11 bits per heavy atom. The minimum atomic E-state index is -0.196. The summed E-state index contributed by atoms with van der Waals surface area (Å²) in [6, 6.07) is 10.3. The summed E-state index contributed by atoms with van der Waals surface area (Å²) in [6.45, 7) is 8.43. The van der Waals surface area contributed by atoms with E-state index >= 15 is 0 Å². The first-order valence-corrected chi connectivity index (χ1v) is 10.6. The highest BCUT2D eigenvalue weighted by atomic mass is 32.2. The average Bonchev–Trinajstić information content (AvgIpc) is 3.31. The maximum atomic E-state index is 12.4. The second-order valence-electron chi connectivity index (χ2n) is 7.44. The van der Waals surface area contributed by atoms with Gasteiger partial charge in [0, 0.05) is 13.2 Å². The van der Waals surface area contributed by atoms with E-state index in [1.165, 1.54) is 11.8 Å². The van der Waals surface area contributed by atoms with Gasteiger partial charge in [0.25, 0.3) is 0 Å². The Morgan fingerprint density at radius 3 is 2.78 bits per heavy atom. The van der Waals surface area contributed by atoms with E-state index in [0.29, 0.717) is 12.5 Å². The summed E-state index contributed by atoms with van der Waals surface area (Å²) in [4.78, 5) is 17.0. The Balaban J connectivity index is 1.79. The molecule has 1 saturated heterocycles. The normalized spacial score (nSPS) is 18.0. The summed E-state index contributed by atoms with van der Waals surface area (Å²) in [5.41, 5.74) is 2.20. The van der Waals surface area contributed by atoms with E-state index in [2.05, 4.69) is 40.8 Å². The minimum Gasteiger partial charge on any atom is -0.376 e. The molecule has 27 heavy (non-hydrogen) atoms. The van der Waals surface area contributed by atoms with Gasteiger partial charge in [-0.1, -0.05) is 55.9 Å². The molecule has 2 atom stereocenters. The molecule has 2 unspecified atom stereocenters. The van der Waals surface area contributed by atoms with Crippen molar-refractivity contribution in [2.45, 2.75) is 56.7 Å². The molecule has 6 heteroatoms. The van der Waals surface area contributed by atoms with Crippen LogP contribution in [0.3, 0.4) is 0 Å². The molecule has 1 aromatic carbocycles. The summed E-state index contributed by atoms with van der Waals surface area (Å²) < 4.78 is 8.06. The number of thioether (sulfide) groups is 1. The number of hydrogen-bond donors (Lipinski definition) is 1. The highest BCUT2D eigenvalue weighted by Gasteiger charge is 2.23. The lowest BCUT2D eigenvalue weighted by Crippen LogP contribution is -2.33. The quantitative estimate of drug-likeness (QED) is 0.696. The van der Waals surface area contributed by atoms with Crippen molar-refractivity contribution in [1.29, 1.82) is 0 Å². The van der Waals surface area contributed by atoms with Crippen LogP contribution in [0.2, 0.25) is 0 Å². The number of rotatable bonds is 8. The third-order valence-corrected chi connectivity index (χ3v) is 5.74. The van der Waals surface area contributed by atoms with Gasteiger partial charge in [0.15, 0.2) is 5.16 Å². The summed E-state index contributed by atoms with van der Waals surface area (Å²) in [5, 5.41) is 3.69. The molecule has 1 fully saturated rings. The summed E-state index contributed by atoms with van der Waals surface area (Å²) in [6.07, 6.45) is 4.30. The molecule has 1 aliphatic rings. The second kappa shape index (κ2) is 9.42. The number of carbonyl (C=O) groups is 1. The van der Waals surface area contributed by atoms with Crippen LogP contribution < -0.4 is 5.32 Å². The molecule has 0 bridgehead atoms. The molecule has 3 rings (SSSR count). The molecule has 2 heterocycles. The van der Waals surface area contributed by atoms with E-state index in [9.17, 15) is 4.79 Å². The van der Waals surface area contributed by atoms with E-state index in [-0.39, 0.29) is 17.3 Å². The maximum absolute atomic E-state index is 12.4. The van der Waals surface area contributed by atoms with Gasteiger partial charge in [-0.25, -0.2) is 4.98 Å². The molecule has 0 spiro atoms. The number of nitrogens with zero attached hydrogens (tertiary/aromatic N) is 2. The van der Waals surface area contributed by atoms with Crippen LogP contribution >= 0.6 is 11.8 Å². The van der Waals surface area contributed by atoms with Crippen LogP contribution in [0.25, 0.3) is 11.3 Å². The monoisotopic (exact) mass is 387 g/mol. The first-order valence-electron chi connectivity index (χ1n) is 9.71. The van der Waals surface area contributed by atoms with E-state index in [0.717, 1.165) is 42.4 Å². The lowest BCUT2D eigenvalue weighted by Gasteiger charge is -2.18. The Labute approximate surface area is 165 Å². The van der Waals surface area contributed by atoms with Gasteiger partial charge in [-0.3, -0.25) is 4.79 Å². The van der Waals surface area contributed by atoms with Crippen LogP contribution in [0.4, 0.5) is 0 Å². The molecular weight excluding hydrogens is 358 g/mol. The van der Waals surface area contributed by atoms with Crippen molar-refractivity contribution in [1.82, 2.24) is 14.9 Å². The van der Waals surface area contributed by atoms with Crippen LogP contribution in [-0.4, -0.2) is 40.0 Å². The van der Waals surface area contributed by atoms with Gasteiger partial charge in [0.2, 0.25) is 5.91 Å². The van der Waals surface area contributed by atoms with Gasteiger partial charge in [0.1, 0.15) is 0 Å². The van der Waals surface area contributed by atoms with Crippen LogP contribution in [0, 0.1) is 5.92 Å². The van der Waals surface area contributed by atoms with Crippen LogP contribution in [0.5, 0.6) is 0 Å². The summed E-state index contributed by atoms with van der Waals surface area (Å²) in [7, 11) is 0. The zero-order valence-electron chi connectivity index (χ0n) is 16.4. The second-order valence-corrected chi connectivity index (χ2v) is 8.74. The van der Waals surface area contributed by atoms with E-state index in [4.69, 9.17) is 4.74 Å². The van der Waals surface area contributed by atoms with Crippen LogP contribution in [0.15, 0.2) is 41.7 Å². The molecule has 1 aromatic heterocycles. The van der Waals surface area contributed by atoms with Gasteiger partial charge in [-0.2, -0.15) is 0 Å². The third kappa shape index (κ3) is 5.36. The molecular formula is C21H29N3O2S. The largest absolute Gasteiger partial charge is 0.376 e. The molecule has 146 valence electrons. The Hall–Kier alpha value is -1.79. The Bertz CT molecular complexity index is 739. The fourth-order valence-electron chi connectivity index (χ4n) is 3.12. The van der Waals surface area contributed by atoms with Crippen molar-refractivity contribution in [3.8, 4) is 11.3 Å². The smallest absolute Gasteiger partial charge is 0.233 e. The number of benzene rings is 1. The van der Waals surface area contributed by atoms with Crippen molar-refractivity contribution in [3.05, 3.63) is 36.5 Å². The van der Waals surface area contributed by atoms with E-state index < -0.39 is 0 Å². The van der Waals surface area contributed by atoms with Gasteiger partial charge < -0.3 is 14.6 Å². The molecule has 1 aliphatic heterocycles. The Morgan fingerprint density at radius 1 is 1.33 bits per heavy atom. The lowest BCUT2D eigenvalue weighted by molar-refractivity contribution is -0.120. The maximum Gasteiger partial charge on any atom is 0.233 e. The SMILES string of the molecule is CC(C)CNC(=O)C(C)Sc1ncc(-c2ccccc2)n1CC1CCCO1. The highest BCUT2D eigenvalue weighted by Crippen LogP contribution is 2.30. The van der Waals surface area contributed by atoms with Gasteiger partial charge in [-0.15, -0.1) is 0 Å².